The molecule has 3 aromatic rings. The molecule has 0 radical (unpaired) electrons. The number of hydrogen-bond donors (Lipinski definition) is 0. The molecule has 1 atom stereocenters. The molecule has 1 unspecified atom stereocenters. The van der Waals surface area contributed by atoms with E-state index in [-0.39, 0.29) is 0 Å². The van der Waals surface area contributed by atoms with Crippen molar-refractivity contribution in [3.8, 4) is 21.7 Å². The number of nitrogens with zero attached hydrogens (tertiary/aromatic N) is 1. The summed E-state index contributed by atoms with van der Waals surface area (Å²) in [5.41, 5.74) is 3.50. The molecule has 1 heterocycles. The zero-order valence-electron chi connectivity index (χ0n) is 12.0. The van der Waals surface area contributed by atoms with Gasteiger partial charge in [0.1, 0.15) is 0 Å². The van der Waals surface area contributed by atoms with E-state index in [1.807, 2.05) is 0 Å². The summed E-state index contributed by atoms with van der Waals surface area (Å²) in [5, 5.41) is 2.29. The molecule has 1 aromatic heterocycles. The van der Waals surface area contributed by atoms with Gasteiger partial charge in [-0.3, -0.25) is 0 Å². The lowest BCUT2D eigenvalue weighted by Gasteiger charge is -2.04. The summed E-state index contributed by atoms with van der Waals surface area (Å²) in [7, 11) is 2.72. The fourth-order valence-electron chi connectivity index (χ4n) is 2.20. The van der Waals surface area contributed by atoms with Gasteiger partial charge < -0.3 is 0 Å². The van der Waals surface area contributed by atoms with Gasteiger partial charge in [-0.2, -0.15) is 0 Å². The lowest BCUT2D eigenvalue weighted by molar-refractivity contribution is 1.30. The van der Waals surface area contributed by atoms with Gasteiger partial charge >= 0.3 is 0 Å². The quantitative estimate of drug-likeness (QED) is 0.495. The van der Waals surface area contributed by atoms with Crippen LogP contribution in [0.1, 0.15) is 5.01 Å². The topological polar surface area (TPSA) is 12.9 Å². The van der Waals surface area contributed by atoms with Crippen molar-refractivity contribution in [2.45, 2.75) is 11.8 Å². The van der Waals surface area contributed by atoms with Gasteiger partial charge in [-0.1, -0.05) is 36.4 Å². The summed E-state index contributed by atoms with van der Waals surface area (Å²) in [6.07, 6.45) is 2.10. The second-order valence-corrected chi connectivity index (χ2v) is 7.51. The number of thiazole rings is 1. The van der Waals surface area contributed by atoms with E-state index >= 15 is 0 Å². The molecule has 4 heteroatoms. The molecule has 0 fully saturated rings. The summed E-state index contributed by atoms with van der Waals surface area (Å²) in [6, 6.07) is 17.2. The molecule has 3 rings (SSSR count). The first-order valence-corrected chi connectivity index (χ1v) is 9.27. The molecule has 0 saturated heterocycles. The second kappa shape index (κ2) is 6.31. The van der Waals surface area contributed by atoms with Gasteiger partial charge in [-0.25, -0.2) is 4.98 Å². The number of benzene rings is 2. The number of rotatable bonds is 3. The van der Waals surface area contributed by atoms with Crippen molar-refractivity contribution < 1.29 is 0 Å². The first kappa shape index (κ1) is 14.8. The average Bonchev–Trinajstić information content (AvgIpc) is 2.90. The Bertz CT molecular complexity index is 745. The maximum atomic E-state index is 4.74. The van der Waals surface area contributed by atoms with E-state index in [1.165, 1.54) is 26.2 Å². The molecule has 0 aliphatic heterocycles. The highest BCUT2D eigenvalue weighted by Gasteiger charge is 2.13. The van der Waals surface area contributed by atoms with Crippen LogP contribution in [0.5, 0.6) is 0 Å². The predicted octanol–water partition coefficient (Wildman–Crippen LogP) is 5.01. The van der Waals surface area contributed by atoms with Crippen molar-refractivity contribution >= 4 is 37.6 Å². The SMILES string of the molecule is CSc1ccc(-c2sc(C)nc2-c2ccc(P)cc2)cc1. The van der Waals surface area contributed by atoms with E-state index in [0.29, 0.717) is 0 Å². The third-order valence-corrected chi connectivity index (χ3v) is 5.42. The van der Waals surface area contributed by atoms with Gasteiger partial charge in [0, 0.05) is 10.5 Å². The highest BCUT2D eigenvalue weighted by atomic mass is 32.2. The normalized spacial score (nSPS) is 10.8. The summed E-state index contributed by atoms with van der Waals surface area (Å²) in [6.45, 7) is 2.07. The van der Waals surface area contributed by atoms with Crippen molar-refractivity contribution in [3.63, 3.8) is 0 Å². The molecule has 0 N–H and O–H groups in total. The highest BCUT2D eigenvalue weighted by molar-refractivity contribution is 7.98. The summed E-state index contributed by atoms with van der Waals surface area (Å²) in [5.74, 6) is 0. The molecular weight excluding hydrogens is 313 g/mol. The van der Waals surface area contributed by atoms with Gasteiger partial charge in [0.05, 0.1) is 15.6 Å². The summed E-state index contributed by atoms with van der Waals surface area (Å²) >= 11 is 3.52. The second-order valence-electron chi connectivity index (χ2n) is 4.76. The summed E-state index contributed by atoms with van der Waals surface area (Å²) < 4.78 is 0. The van der Waals surface area contributed by atoms with Crippen LogP contribution >= 0.6 is 32.3 Å². The molecule has 106 valence electrons. The fourth-order valence-corrected chi connectivity index (χ4v) is 3.75. The zero-order chi connectivity index (χ0) is 14.8. The van der Waals surface area contributed by atoms with Crippen molar-refractivity contribution in [3.05, 3.63) is 53.5 Å². The van der Waals surface area contributed by atoms with Crippen molar-refractivity contribution in [1.82, 2.24) is 4.98 Å². The monoisotopic (exact) mass is 329 g/mol. The maximum Gasteiger partial charge on any atom is 0.0908 e. The molecule has 0 spiro atoms. The first-order chi connectivity index (χ1) is 10.2. The van der Waals surface area contributed by atoms with Gasteiger partial charge in [-0.05, 0) is 36.2 Å². The molecule has 21 heavy (non-hydrogen) atoms. The number of hydrogen-bond acceptors (Lipinski definition) is 3. The van der Waals surface area contributed by atoms with E-state index in [1.54, 1.807) is 23.1 Å². The Balaban J connectivity index is 2.08. The zero-order valence-corrected chi connectivity index (χ0v) is 14.7. The predicted molar refractivity (Wildman–Crippen MR) is 98.8 cm³/mol. The number of aryl methyl sites for hydroxylation is 1. The molecule has 0 saturated carbocycles. The number of aromatic nitrogens is 1. The highest BCUT2D eigenvalue weighted by Crippen LogP contribution is 2.37. The van der Waals surface area contributed by atoms with Crippen LogP contribution < -0.4 is 5.30 Å². The average molecular weight is 329 g/mol. The van der Waals surface area contributed by atoms with Crippen LogP contribution in [-0.2, 0) is 0 Å². The van der Waals surface area contributed by atoms with E-state index in [2.05, 4.69) is 71.0 Å². The fraction of sp³-hybridized carbons (Fsp3) is 0.118. The third kappa shape index (κ3) is 3.21. The van der Waals surface area contributed by atoms with Crippen LogP contribution in [0.3, 0.4) is 0 Å². The van der Waals surface area contributed by atoms with Gasteiger partial charge in [0.2, 0.25) is 0 Å². The molecule has 0 aliphatic carbocycles. The molecule has 0 aliphatic rings. The smallest absolute Gasteiger partial charge is 0.0908 e. The van der Waals surface area contributed by atoms with Crippen molar-refractivity contribution in [2.24, 2.45) is 0 Å². The Labute approximate surface area is 136 Å². The van der Waals surface area contributed by atoms with E-state index in [0.717, 1.165) is 10.7 Å². The molecular formula is C17H16NPS2. The van der Waals surface area contributed by atoms with Crippen LogP contribution in [-0.4, -0.2) is 11.2 Å². The standard InChI is InChI=1S/C17H16NPS2/c1-11-18-16(12-3-7-14(19)8-4-12)17(21-11)13-5-9-15(20-2)10-6-13/h3-10H,19H2,1-2H3. The Morgan fingerprint density at radius 2 is 1.57 bits per heavy atom. The minimum absolute atomic E-state index is 1.08. The van der Waals surface area contributed by atoms with E-state index in [9.17, 15) is 0 Å². The van der Waals surface area contributed by atoms with Crippen LogP contribution in [0.2, 0.25) is 0 Å². The maximum absolute atomic E-state index is 4.74. The molecule has 0 amide bonds. The van der Waals surface area contributed by atoms with E-state index in [4.69, 9.17) is 4.98 Å². The van der Waals surface area contributed by atoms with Crippen LogP contribution in [0, 0.1) is 6.92 Å². The Hall–Kier alpha value is -1.15. The Kier molecular flexibility index (Phi) is 4.44. The largest absolute Gasteiger partial charge is 0.241 e. The van der Waals surface area contributed by atoms with Gasteiger partial charge in [0.15, 0.2) is 0 Å². The molecule has 1 nitrogen and oxygen atoms in total. The lowest BCUT2D eigenvalue weighted by atomic mass is 10.1. The molecule has 0 bridgehead atoms. The van der Waals surface area contributed by atoms with Crippen LogP contribution in [0.15, 0.2) is 53.4 Å². The van der Waals surface area contributed by atoms with Crippen molar-refractivity contribution in [1.29, 1.82) is 0 Å². The Morgan fingerprint density at radius 3 is 2.19 bits per heavy atom. The van der Waals surface area contributed by atoms with E-state index < -0.39 is 0 Å². The minimum Gasteiger partial charge on any atom is -0.241 e. The lowest BCUT2D eigenvalue weighted by Crippen LogP contribution is -1.89. The third-order valence-electron chi connectivity index (χ3n) is 3.27. The summed E-state index contributed by atoms with van der Waals surface area (Å²) in [4.78, 5) is 7.27. The van der Waals surface area contributed by atoms with Gasteiger partial charge in [0.25, 0.3) is 0 Å². The number of thioether (sulfide) groups is 1. The molecule has 2 aromatic carbocycles. The first-order valence-electron chi connectivity index (χ1n) is 6.65. The Morgan fingerprint density at radius 1 is 0.952 bits per heavy atom. The van der Waals surface area contributed by atoms with Crippen LogP contribution in [0.4, 0.5) is 0 Å². The van der Waals surface area contributed by atoms with Crippen LogP contribution in [0.25, 0.3) is 21.7 Å². The van der Waals surface area contributed by atoms with Crippen molar-refractivity contribution in [2.75, 3.05) is 6.26 Å². The van der Waals surface area contributed by atoms with Gasteiger partial charge in [-0.15, -0.1) is 32.3 Å². The minimum atomic E-state index is 1.08.